The first-order valence-corrected chi connectivity index (χ1v) is 7.63. The van der Waals surface area contributed by atoms with Crippen LogP contribution in [0.3, 0.4) is 0 Å². The monoisotopic (exact) mass is 308 g/mol. The quantitative estimate of drug-likeness (QED) is 0.849. The fourth-order valence-electron chi connectivity index (χ4n) is 2.86. The minimum Gasteiger partial charge on any atom is -0.496 e. The van der Waals surface area contributed by atoms with Gasteiger partial charge in [-0.2, -0.15) is 0 Å². The summed E-state index contributed by atoms with van der Waals surface area (Å²) in [7, 11) is 1.57. The summed E-state index contributed by atoms with van der Waals surface area (Å²) in [6.45, 7) is 0. The standard InChI is InChI=1S/C20H19FNO/c1-23-18-12-9-16(13-14-7-10-17(22)11-8-14)20(21)19(18)15-5-3-2-4-6-15/h2-3,6-12,15H,5,13,22H2,1H3. The molecule has 1 atom stereocenters. The van der Waals surface area contributed by atoms with Crippen LogP contribution in [0.25, 0.3) is 0 Å². The van der Waals surface area contributed by atoms with Crippen molar-refractivity contribution < 1.29 is 9.13 Å². The van der Waals surface area contributed by atoms with Gasteiger partial charge in [-0.3, -0.25) is 0 Å². The molecule has 2 N–H and O–H groups in total. The summed E-state index contributed by atoms with van der Waals surface area (Å²) in [4.78, 5) is 0. The van der Waals surface area contributed by atoms with Crippen molar-refractivity contribution in [2.45, 2.75) is 18.8 Å². The molecule has 23 heavy (non-hydrogen) atoms. The SMILES string of the molecule is COc1ccc(Cc2ccc(N)cc2)c(F)c1C1C=[C]C=CC1. The summed E-state index contributed by atoms with van der Waals surface area (Å²) in [6.07, 6.45) is 10.1. The van der Waals surface area contributed by atoms with Gasteiger partial charge in [-0.15, -0.1) is 0 Å². The van der Waals surface area contributed by atoms with Crippen LogP contribution in [0.15, 0.2) is 54.6 Å². The van der Waals surface area contributed by atoms with Crippen LogP contribution in [-0.2, 0) is 6.42 Å². The number of methoxy groups -OCH3 is 1. The number of nitrogens with two attached hydrogens (primary N) is 1. The Morgan fingerprint density at radius 3 is 2.65 bits per heavy atom. The lowest BCUT2D eigenvalue weighted by molar-refractivity contribution is 0.401. The van der Waals surface area contributed by atoms with Crippen molar-refractivity contribution in [3.05, 3.63) is 83.2 Å². The summed E-state index contributed by atoms with van der Waals surface area (Å²) < 4.78 is 20.5. The van der Waals surface area contributed by atoms with Gasteiger partial charge >= 0.3 is 0 Å². The molecule has 3 rings (SSSR count). The van der Waals surface area contributed by atoms with Gasteiger partial charge in [0.25, 0.3) is 0 Å². The van der Waals surface area contributed by atoms with Crippen LogP contribution >= 0.6 is 0 Å². The van der Waals surface area contributed by atoms with E-state index in [1.807, 2.05) is 48.6 Å². The third kappa shape index (κ3) is 3.29. The van der Waals surface area contributed by atoms with Crippen LogP contribution in [0.5, 0.6) is 5.75 Å². The number of rotatable bonds is 4. The van der Waals surface area contributed by atoms with E-state index in [1.54, 1.807) is 13.2 Å². The zero-order chi connectivity index (χ0) is 16.2. The van der Waals surface area contributed by atoms with Crippen molar-refractivity contribution in [3.63, 3.8) is 0 Å². The molecule has 0 heterocycles. The van der Waals surface area contributed by atoms with Crippen LogP contribution in [0.4, 0.5) is 10.1 Å². The molecule has 2 nitrogen and oxygen atoms in total. The van der Waals surface area contributed by atoms with E-state index in [0.717, 1.165) is 12.0 Å². The Hall–Kier alpha value is -2.55. The van der Waals surface area contributed by atoms with E-state index in [0.29, 0.717) is 29.0 Å². The van der Waals surface area contributed by atoms with Gasteiger partial charge in [-0.1, -0.05) is 36.4 Å². The van der Waals surface area contributed by atoms with Gasteiger partial charge in [0, 0.05) is 23.6 Å². The molecule has 3 heteroatoms. The summed E-state index contributed by atoms with van der Waals surface area (Å²) in [5.41, 5.74) is 8.71. The number of allylic oxidation sites excluding steroid dienone is 4. The van der Waals surface area contributed by atoms with E-state index < -0.39 is 0 Å². The zero-order valence-electron chi connectivity index (χ0n) is 13.1. The van der Waals surface area contributed by atoms with Crippen molar-refractivity contribution in [2.24, 2.45) is 0 Å². The highest BCUT2D eigenvalue weighted by atomic mass is 19.1. The lowest BCUT2D eigenvalue weighted by atomic mass is 9.89. The first kappa shape index (κ1) is 15.3. The molecule has 1 aliphatic rings. The smallest absolute Gasteiger partial charge is 0.134 e. The predicted molar refractivity (Wildman–Crippen MR) is 90.9 cm³/mol. The molecule has 0 spiro atoms. The van der Waals surface area contributed by atoms with E-state index in [4.69, 9.17) is 10.5 Å². The third-order valence-corrected chi connectivity index (χ3v) is 4.09. The molecule has 0 saturated heterocycles. The number of hydrogen-bond acceptors (Lipinski definition) is 2. The van der Waals surface area contributed by atoms with Gasteiger partial charge in [0.1, 0.15) is 11.6 Å². The van der Waals surface area contributed by atoms with E-state index >= 15 is 4.39 Å². The summed E-state index contributed by atoms with van der Waals surface area (Å²) in [5.74, 6) is 0.350. The molecule has 0 saturated carbocycles. The normalized spacial score (nSPS) is 16.5. The topological polar surface area (TPSA) is 35.2 Å². The first-order valence-electron chi connectivity index (χ1n) is 7.63. The summed E-state index contributed by atoms with van der Waals surface area (Å²) in [6, 6.07) is 11.2. The Balaban J connectivity index is 1.97. The van der Waals surface area contributed by atoms with Crippen LogP contribution in [0.2, 0.25) is 0 Å². The molecule has 1 radical (unpaired) electrons. The van der Waals surface area contributed by atoms with E-state index in [2.05, 4.69) is 6.08 Å². The van der Waals surface area contributed by atoms with Crippen LogP contribution in [0.1, 0.15) is 29.0 Å². The molecule has 0 aromatic heterocycles. The maximum Gasteiger partial charge on any atom is 0.134 e. The largest absolute Gasteiger partial charge is 0.496 e. The first-order chi connectivity index (χ1) is 11.2. The maximum absolute atomic E-state index is 15.1. The second kappa shape index (κ2) is 6.69. The predicted octanol–water partition coefficient (Wildman–Crippen LogP) is 4.41. The number of anilines is 1. The van der Waals surface area contributed by atoms with Gasteiger partial charge in [0.2, 0.25) is 0 Å². The Bertz CT molecular complexity index is 747. The Morgan fingerprint density at radius 2 is 2.00 bits per heavy atom. The average Bonchev–Trinajstić information content (AvgIpc) is 2.59. The van der Waals surface area contributed by atoms with E-state index in [1.165, 1.54) is 0 Å². The highest BCUT2D eigenvalue weighted by molar-refractivity contribution is 5.46. The fourth-order valence-corrected chi connectivity index (χ4v) is 2.86. The number of hydrogen-bond donors (Lipinski definition) is 1. The Morgan fingerprint density at radius 1 is 1.22 bits per heavy atom. The van der Waals surface area contributed by atoms with Crippen LogP contribution in [0, 0.1) is 11.9 Å². The lowest BCUT2D eigenvalue weighted by Crippen LogP contribution is -2.06. The Labute approximate surface area is 136 Å². The van der Waals surface area contributed by atoms with Gasteiger partial charge in [0.05, 0.1) is 7.11 Å². The molecule has 1 aliphatic carbocycles. The number of nitrogen functional groups attached to an aromatic ring is 1. The van der Waals surface area contributed by atoms with E-state index in [-0.39, 0.29) is 11.7 Å². The van der Waals surface area contributed by atoms with Crippen LogP contribution < -0.4 is 10.5 Å². The highest BCUT2D eigenvalue weighted by Gasteiger charge is 2.21. The number of ether oxygens (including phenoxy) is 1. The molecule has 1 unspecified atom stereocenters. The lowest BCUT2D eigenvalue weighted by Gasteiger charge is -2.19. The summed E-state index contributed by atoms with van der Waals surface area (Å²) in [5, 5.41) is 0. The van der Waals surface area contributed by atoms with Gasteiger partial charge in [0.15, 0.2) is 0 Å². The Kier molecular flexibility index (Phi) is 4.47. The van der Waals surface area contributed by atoms with Crippen LogP contribution in [-0.4, -0.2) is 7.11 Å². The fraction of sp³-hybridized carbons (Fsp3) is 0.200. The van der Waals surface area contributed by atoms with Crippen molar-refractivity contribution in [3.8, 4) is 5.75 Å². The highest BCUT2D eigenvalue weighted by Crippen LogP contribution is 2.36. The van der Waals surface area contributed by atoms with Gasteiger partial charge < -0.3 is 10.5 Å². The summed E-state index contributed by atoms with van der Waals surface area (Å²) >= 11 is 0. The second-order valence-electron chi connectivity index (χ2n) is 5.65. The molecule has 0 amide bonds. The number of halogens is 1. The molecular formula is C20H19FNO. The third-order valence-electron chi connectivity index (χ3n) is 4.09. The molecular weight excluding hydrogens is 289 g/mol. The van der Waals surface area contributed by atoms with Crippen molar-refractivity contribution in [2.75, 3.05) is 12.8 Å². The molecule has 2 aromatic rings. The maximum atomic E-state index is 15.1. The second-order valence-corrected chi connectivity index (χ2v) is 5.65. The van der Waals surface area contributed by atoms with Gasteiger partial charge in [-0.05, 0) is 41.8 Å². The zero-order valence-corrected chi connectivity index (χ0v) is 13.1. The van der Waals surface area contributed by atoms with E-state index in [9.17, 15) is 0 Å². The molecule has 0 fully saturated rings. The molecule has 0 bridgehead atoms. The molecule has 2 aromatic carbocycles. The van der Waals surface area contributed by atoms with Gasteiger partial charge in [-0.25, -0.2) is 4.39 Å². The van der Waals surface area contributed by atoms with Crippen molar-refractivity contribution >= 4 is 5.69 Å². The van der Waals surface area contributed by atoms with Crippen molar-refractivity contribution in [1.82, 2.24) is 0 Å². The molecule has 117 valence electrons. The van der Waals surface area contributed by atoms with Crippen molar-refractivity contribution in [1.29, 1.82) is 0 Å². The minimum atomic E-state index is -0.195. The average molecular weight is 308 g/mol. The molecule has 0 aliphatic heterocycles. The number of benzene rings is 2. The minimum absolute atomic E-state index is 0.0404.